The monoisotopic (exact) mass is 224 g/mol. The summed E-state index contributed by atoms with van der Waals surface area (Å²) in [6.07, 6.45) is 3.58. The SMILES string of the molecule is [NH3+]C1CCN(c2ccc([N+](=O)[O-])c[nH+]2)CC1. The maximum atomic E-state index is 10.5. The van der Waals surface area contributed by atoms with E-state index in [0.717, 1.165) is 31.7 Å². The van der Waals surface area contributed by atoms with E-state index in [1.54, 1.807) is 6.07 Å². The van der Waals surface area contributed by atoms with E-state index in [2.05, 4.69) is 15.6 Å². The highest BCUT2D eigenvalue weighted by Gasteiger charge is 2.25. The molecular weight excluding hydrogens is 208 g/mol. The second-order valence-electron chi connectivity index (χ2n) is 4.12. The summed E-state index contributed by atoms with van der Waals surface area (Å²) in [7, 11) is 0. The number of pyridine rings is 1. The number of quaternary nitrogens is 1. The van der Waals surface area contributed by atoms with Gasteiger partial charge in [-0.05, 0) is 0 Å². The normalized spacial score (nSPS) is 17.4. The van der Waals surface area contributed by atoms with Crippen LogP contribution in [0.2, 0.25) is 0 Å². The molecule has 0 saturated carbocycles. The van der Waals surface area contributed by atoms with Gasteiger partial charge in [0.15, 0.2) is 6.20 Å². The van der Waals surface area contributed by atoms with Gasteiger partial charge in [0.25, 0.3) is 5.82 Å². The van der Waals surface area contributed by atoms with E-state index in [1.807, 2.05) is 0 Å². The molecule has 0 atom stereocenters. The number of aromatic amines is 1. The summed E-state index contributed by atoms with van der Waals surface area (Å²) in [5, 5.41) is 10.5. The molecule has 0 aromatic carbocycles. The number of piperidine rings is 1. The van der Waals surface area contributed by atoms with Crippen molar-refractivity contribution in [2.75, 3.05) is 18.0 Å². The van der Waals surface area contributed by atoms with Crippen LogP contribution < -0.4 is 15.6 Å². The van der Waals surface area contributed by atoms with E-state index in [9.17, 15) is 10.1 Å². The van der Waals surface area contributed by atoms with Gasteiger partial charge in [-0.15, -0.1) is 0 Å². The highest BCUT2D eigenvalue weighted by atomic mass is 16.6. The lowest BCUT2D eigenvalue weighted by atomic mass is 10.1. The fourth-order valence-corrected chi connectivity index (χ4v) is 1.89. The number of hydrogen-bond acceptors (Lipinski definition) is 3. The third-order valence-corrected chi connectivity index (χ3v) is 2.95. The van der Waals surface area contributed by atoms with E-state index in [4.69, 9.17) is 0 Å². The molecule has 0 spiro atoms. The smallest absolute Gasteiger partial charge is 0.308 e. The first-order valence-corrected chi connectivity index (χ1v) is 5.41. The molecule has 1 aliphatic heterocycles. The van der Waals surface area contributed by atoms with Crippen LogP contribution in [0.25, 0.3) is 0 Å². The largest absolute Gasteiger partial charge is 0.355 e. The number of aromatic nitrogens is 1. The lowest BCUT2D eigenvalue weighted by molar-refractivity contribution is -0.425. The van der Waals surface area contributed by atoms with Crippen molar-refractivity contribution in [3.63, 3.8) is 0 Å². The summed E-state index contributed by atoms with van der Waals surface area (Å²) >= 11 is 0. The van der Waals surface area contributed by atoms with Crippen molar-refractivity contribution in [3.05, 3.63) is 28.4 Å². The molecule has 1 aliphatic rings. The Morgan fingerprint density at radius 1 is 1.44 bits per heavy atom. The second kappa shape index (κ2) is 4.44. The number of nitrogens with zero attached hydrogens (tertiary/aromatic N) is 2. The van der Waals surface area contributed by atoms with Crippen molar-refractivity contribution >= 4 is 11.5 Å². The number of nitro groups is 1. The Balaban J connectivity index is 2.07. The molecule has 1 saturated heterocycles. The molecule has 4 N–H and O–H groups in total. The number of rotatable bonds is 2. The van der Waals surface area contributed by atoms with Gasteiger partial charge in [-0.3, -0.25) is 15.0 Å². The van der Waals surface area contributed by atoms with Crippen molar-refractivity contribution in [2.24, 2.45) is 0 Å². The van der Waals surface area contributed by atoms with Crippen LogP contribution in [0, 0.1) is 10.1 Å². The molecule has 6 nitrogen and oxygen atoms in total. The van der Waals surface area contributed by atoms with E-state index >= 15 is 0 Å². The minimum Gasteiger partial charge on any atom is -0.355 e. The Bertz CT molecular complexity index is 371. The molecule has 86 valence electrons. The molecule has 2 heterocycles. The molecule has 0 aliphatic carbocycles. The molecule has 1 aromatic rings. The number of hydrogen-bond donors (Lipinski definition) is 1. The fraction of sp³-hybridized carbons (Fsp3) is 0.500. The molecule has 1 aromatic heterocycles. The van der Waals surface area contributed by atoms with Crippen LogP contribution in [-0.2, 0) is 0 Å². The number of nitrogens with one attached hydrogen (secondary N) is 1. The molecule has 6 heteroatoms. The minimum atomic E-state index is -0.400. The van der Waals surface area contributed by atoms with Gasteiger partial charge in [-0.1, -0.05) is 0 Å². The third kappa shape index (κ3) is 2.27. The minimum absolute atomic E-state index is 0.0933. The average Bonchev–Trinajstić information content (AvgIpc) is 2.30. The standard InChI is InChI=1S/C10H14N4O2/c11-8-3-5-13(6-4-8)10-2-1-9(7-12-10)14(15)16/h1-2,7-8H,3-6,11H2/p+2. The van der Waals surface area contributed by atoms with Gasteiger partial charge in [0, 0.05) is 25.0 Å². The van der Waals surface area contributed by atoms with E-state index < -0.39 is 4.92 Å². The summed E-state index contributed by atoms with van der Waals surface area (Å²) in [6.45, 7) is 1.92. The quantitative estimate of drug-likeness (QED) is 0.548. The first-order valence-electron chi connectivity index (χ1n) is 5.41. The summed E-state index contributed by atoms with van der Waals surface area (Å²) < 4.78 is 0. The zero-order valence-electron chi connectivity index (χ0n) is 9.06. The summed E-state index contributed by atoms with van der Waals surface area (Å²) in [6, 6.07) is 3.83. The van der Waals surface area contributed by atoms with Gasteiger partial charge in [-0.2, -0.15) is 0 Å². The zero-order chi connectivity index (χ0) is 11.5. The van der Waals surface area contributed by atoms with E-state index in [0.29, 0.717) is 6.04 Å². The topological polar surface area (TPSA) is 88.2 Å². The summed E-state index contributed by atoms with van der Waals surface area (Å²) in [5.74, 6) is 0.942. The van der Waals surface area contributed by atoms with Crippen LogP contribution in [0.1, 0.15) is 12.8 Å². The lowest BCUT2D eigenvalue weighted by Gasteiger charge is -2.23. The van der Waals surface area contributed by atoms with Crippen LogP contribution in [0.15, 0.2) is 18.3 Å². The van der Waals surface area contributed by atoms with Gasteiger partial charge >= 0.3 is 5.69 Å². The summed E-state index contributed by atoms with van der Waals surface area (Å²) in [4.78, 5) is 15.3. The van der Waals surface area contributed by atoms with E-state index in [-0.39, 0.29) is 5.69 Å². The Labute approximate surface area is 93.2 Å². The highest BCUT2D eigenvalue weighted by Crippen LogP contribution is 2.16. The van der Waals surface area contributed by atoms with Crippen LogP contribution >= 0.6 is 0 Å². The van der Waals surface area contributed by atoms with Gasteiger partial charge in [0.2, 0.25) is 0 Å². The van der Waals surface area contributed by atoms with Crippen LogP contribution in [0.3, 0.4) is 0 Å². The second-order valence-corrected chi connectivity index (χ2v) is 4.12. The Morgan fingerprint density at radius 2 is 2.12 bits per heavy atom. The van der Waals surface area contributed by atoms with Crippen LogP contribution in [0.4, 0.5) is 11.5 Å². The molecule has 0 radical (unpaired) electrons. The molecule has 16 heavy (non-hydrogen) atoms. The average molecular weight is 224 g/mol. The number of anilines is 1. The predicted octanol–water partition coefficient (Wildman–Crippen LogP) is -0.380. The van der Waals surface area contributed by atoms with Crippen LogP contribution in [0.5, 0.6) is 0 Å². The van der Waals surface area contributed by atoms with Crippen molar-refractivity contribution in [3.8, 4) is 0 Å². The van der Waals surface area contributed by atoms with Crippen molar-refractivity contribution in [2.45, 2.75) is 18.9 Å². The fourth-order valence-electron chi connectivity index (χ4n) is 1.89. The van der Waals surface area contributed by atoms with Crippen LogP contribution in [-0.4, -0.2) is 24.1 Å². The molecule has 1 fully saturated rings. The first kappa shape index (κ1) is 10.8. The molecular formula is C10H16N4O2+2. The van der Waals surface area contributed by atoms with E-state index in [1.165, 1.54) is 12.3 Å². The highest BCUT2D eigenvalue weighted by molar-refractivity contribution is 5.37. The molecule has 0 bridgehead atoms. The van der Waals surface area contributed by atoms with Crippen molar-refractivity contribution in [1.29, 1.82) is 0 Å². The van der Waals surface area contributed by atoms with Crippen molar-refractivity contribution in [1.82, 2.24) is 0 Å². The Kier molecular flexibility index (Phi) is 3.00. The number of H-pyrrole nitrogens is 1. The molecule has 0 amide bonds. The van der Waals surface area contributed by atoms with Gasteiger partial charge in [0.1, 0.15) is 0 Å². The van der Waals surface area contributed by atoms with Gasteiger partial charge in [0.05, 0.1) is 24.1 Å². The first-order chi connectivity index (χ1) is 7.66. The molecule has 2 rings (SSSR count). The lowest BCUT2D eigenvalue weighted by Crippen LogP contribution is -2.64. The Morgan fingerprint density at radius 3 is 2.62 bits per heavy atom. The summed E-state index contributed by atoms with van der Waals surface area (Å²) in [5.41, 5.74) is 4.13. The molecule has 0 unspecified atom stereocenters. The Hall–Kier alpha value is -1.69. The van der Waals surface area contributed by atoms with Gasteiger partial charge in [-0.25, -0.2) is 4.98 Å². The predicted molar refractivity (Wildman–Crippen MR) is 57.8 cm³/mol. The maximum absolute atomic E-state index is 10.5. The maximum Gasteiger partial charge on any atom is 0.308 e. The zero-order valence-corrected chi connectivity index (χ0v) is 9.06. The third-order valence-electron chi connectivity index (χ3n) is 2.95. The van der Waals surface area contributed by atoms with Gasteiger partial charge < -0.3 is 5.73 Å². The van der Waals surface area contributed by atoms with Crippen molar-refractivity contribution < 1.29 is 15.6 Å².